The van der Waals surface area contributed by atoms with E-state index in [0.717, 1.165) is 12.1 Å². The van der Waals surface area contributed by atoms with E-state index in [1.165, 1.54) is 6.07 Å². The van der Waals surface area contributed by atoms with Gasteiger partial charge in [0, 0.05) is 18.6 Å². The monoisotopic (exact) mass is 297 g/mol. The number of hydrogen-bond donors (Lipinski definition) is 2. The van der Waals surface area contributed by atoms with Crippen molar-refractivity contribution in [3.8, 4) is 0 Å². The van der Waals surface area contributed by atoms with Crippen LogP contribution in [0.1, 0.15) is 30.6 Å². The van der Waals surface area contributed by atoms with Crippen LogP contribution in [-0.4, -0.2) is 33.7 Å². The van der Waals surface area contributed by atoms with Crippen molar-refractivity contribution in [2.75, 3.05) is 6.61 Å². The molecule has 0 amide bonds. The summed E-state index contributed by atoms with van der Waals surface area (Å²) in [5.41, 5.74) is 0.0137. The minimum Gasteiger partial charge on any atom is -0.479 e. The number of aliphatic hydroxyl groups excluding tert-OH is 1. The lowest BCUT2D eigenvalue weighted by Crippen LogP contribution is -2.14. The zero-order valence-corrected chi connectivity index (χ0v) is 11.3. The number of carbonyl (C=O) groups is 2. The molecule has 1 atom stereocenters. The number of carboxylic acids is 1. The Kier molecular flexibility index (Phi) is 5.79. The van der Waals surface area contributed by atoms with Crippen molar-refractivity contribution in [3.05, 3.63) is 39.4 Å². The molecule has 1 aromatic carbocycles. The van der Waals surface area contributed by atoms with Gasteiger partial charge in [0.15, 0.2) is 6.10 Å². The molecule has 21 heavy (non-hydrogen) atoms. The molecule has 0 aliphatic heterocycles. The summed E-state index contributed by atoms with van der Waals surface area (Å²) < 4.78 is 4.74. The Balaban J connectivity index is 3.05. The van der Waals surface area contributed by atoms with Crippen LogP contribution in [-0.2, 0) is 20.7 Å². The highest BCUT2D eigenvalue weighted by Gasteiger charge is 2.22. The number of hydrogen-bond acceptors (Lipinski definition) is 6. The van der Waals surface area contributed by atoms with Crippen molar-refractivity contribution in [3.63, 3.8) is 0 Å². The summed E-state index contributed by atoms with van der Waals surface area (Å²) >= 11 is 0. The topological polar surface area (TPSA) is 127 Å². The Labute approximate surface area is 120 Å². The number of aliphatic hydroxyl groups is 1. The number of ether oxygens (including phenoxy) is 1. The Bertz CT molecular complexity index is 555. The molecule has 8 heteroatoms. The van der Waals surface area contributed by atoms with Crippen molar-refractivity contribution >= 4 is 17.6 Å². The lowest BCUT2D eigenvalue weighted by atomic mass is 9.98. The normalized spacial score (nSPS) is 11.7. The summed E-state index contributed by atoms with van der Waals surface area (Å²) in [6.07, 6.45) is -1.82. The van der Waals surface area contributed by atoms with Gasteiger partial charge in [-0.1, -0.05) is 0 Å². The Hall–Kier alpha value is -2.48. The van der Waals surface area contributed by atoms with Gasteiger partial charge in [-0.05, 0) is 30.5 Å². The van der Waals surface area contributed by atoms with E-state index in [9.17, 15) is 24.8 Å². The van der Waals surface area contributed by atoms with Gasteiger partial charge in [-0.15, -0.1) is 0 Å². The molecule has 0 saturated heterocycles. The molecule has 1 unspecified atom stereocenters. The average Bonchev–Trinajstić information content (AvgIpc) is 2.44. The summed E-state index contributed by atoms with van der Waals surface area (Å²) in [5.74, 6) is -1.97. The predicted molar refractivity (Wildman–Crippen MR) is 70.6 cm³/mol. The smallest absolute Gasteiger partial charge is 0.337 e. The van der Waals surface area contributed by atoms with Gasteiger partial charge in [0.05, 0.1) is 11.5 Å². The van der Waals surface area contributed by atoms with Gasteiger partial charge in [0.1, 0.15) is 0 Å². The molecule has 0 heterocycles. The molecule has 0 saturated carbocycles. The van der Waals surface area contributed by atoms with Crippen LogP contribution >= 0.6 is 0 Å². The molecule has 2 N–H and O–H groups in total. The number of carbonyl (C=O) groups excluding carboxylic acids is 1. The van der Waals surface area contributed by atoms with Gasteiger partial charge in [-0.2, -0.15) is 0 Å². The number of nitro groups is 1. The number of carboxylic acid groups (broad SMARTS) is 1. The van der Waals surface area contributed by atoms with Crippen LogP contribution in [0.2, 0.25) is 0 Å². The molecule has 114 valence electrons. The second-order valence-corrected chi connectivity index (χ2v) is 4.19. The summed E-state index contributed by atoms with van der Waals surface area (Å²) in [7, 11) is 0. The number of aryl methyl sites for hydroxylation is 1. The van der Waals surface area contributed by atoms with E-state index >= 15 is 0 Å². The molecule has 0 aromatic heterocycles. The van der Waals surface area contributed by atoms with E-state index in [2.05, 4.69) is 0 Å². The van der Waals surface area contributed by atoms with Crippen LogP contribution in [0.3, 0.4) is 0 Å². The third-order valence-electron chi connectivity index (χ3n) is 2.77. The molecule has 1 aromatic rings. The van der Waals surface area contributed by atoms with Crippen molar-refractivity contribution in [1.82, 2.24) is 0 Å². The summed E-state index contributed by atoms with van der Waals surface area (Å²) in [6.45, 7) is 1.85. The van der Waals surface area contributed by atoms with Crippen molar-refractivity contribution in [2.24, 2.45) is 0 Å². The maximum Gasteiger partial charge on any atom is 0.337 e. The number of nitrogens with zero attached hydrogens (tertiary/aromatic N) is 1. The number of benzene rings is 1. The average molecular weight is 297 g/mol. The Morgan fingerprint density at radius 1 is 1.43 bits per heavy atom. The Morgan fingerprint density at radius 3 is 2.62 bits per heavy atom. The largest absolute Gasteiger partial charge is 0.479 e. The van der Waals surface area contributed by atoms with Crippen molar-refractivity contribution in [1.29, 1.82) is 0 Å². The van der Waals surface area contributed by atoms with Crippen LogP contribution in [0.15, 0.2) is 18.2 Å². The van der Waals surface area contributed by atoms with E-state index in [1.54, 1.807) is 6.92 Å². The fourth-order valence-electron chi connectivity index (χ4n) is 1.79. The van der Waals surface area contributed by atoms with Crippen molar-refractivity contribution in [2.45, 2.75) is 25.9 Å². The van der Waals surface area contributed by atoms with Crippen molar-refractivity contribution < 1.29 is 29.5 Å². The lowest BCUT2D eigenvalue weighted by molar-refractivity contribution is -0.384. The molecule has 0 spiro atoms. The highest BCUT2D eigenvalue weighted by atomic mass is 16.6. The van der Waals surface area contributed by atoms with Gasteiger partial charge in [0.25, 0.3) is 5.69 Å². The SMILES string of the molecule is CCOC(=O)CCc1cc([N+](=O)[O-])ccc1C(O)C(=O)O. The second-order valence-electron chi connectivity index (χ2n) is 4.19. The third-order valence-corrected chi connectivity index (χ3v) is 2.77. The van der Waals surface area contributed by atoms with E-state index < -0.39 is 23.0 Å². The molecule has 0 aliphatic carbocycles. The van der Waals surface area contributed by atoms with Gasteiger partial charge in [-0.25, -0.2) is 4.79 Å². The fraction of sp³-hybridized carbons (Fsp3) is 0.385. The van der Waals surface area contributed by atoms with Crippen LogP contribution in [0.5, 0.6) is 0 Å². The van der Waals surface area contributed by atoms with Crippen LogP contribution in [0.4, 0.5) is 5.69 Å². The molecule has 1 rings (SSSR count). The van der Waals surface area contributed by atoms with Crippen LogP contribution in [0, 0.1) is 10.1 Å². The molecule has 8 nitrogen and oxygen atoms in total. The quantitative estimate of drug-likeness (QED) is 0.440. The van der Waals surface area contributed by atoms with E-state index in [1.807, 2.05) is 0 Å². The first-order chi connectivity index (χ1) is 9.86. The highest BCUT2D eigenvalue weighted by molar-refractivity contribution is 5.75. The number of nitro benzene ring substituents is 1. The summed E-state index contributed by atoms with van der Waals surface area (Å²) in [5, 5.41) is 29.2. The number of non-ortho nitro benzene ring substituents is 1. The maximum atomic E-state index is 11.3. The minimum absolute atomic E-state index is 0.0254. The second kappa shape index (κ2) is 7.34. The standard InChI is InChI=1S/C13H15NO7/c1-2-21-11(15)6-3-8-7-9(14(19)20)4-5-10(8)12(16)13(17)18/h4-5,7,12,16H,2-3,6H2,1H3,(H,17,18). The minimum atomic E-state index is -1.80. The summed E-state index contributed by atoms with van der Waals surface area (Å²) in [6, 6.07) is 3.44. The molecular weight excluding hydrogens is 282 g/mol. The molecule has 0 radical (unpaired) electrons. The fourth-order valence-corrected chi connectivity index (χ4v) is 1.79. The highest BCUT2D eigenvalue weighted by Crippen LogP contribution is 2.25. The van der Waals surface area contributed by atoms with Gasteiger partial charge >= 0.3 is 11.9 Å². The lowest BCUT2D eigenvalue weighted by Gasteiger charge is -2.12. The number of esters is 1. The molecule has 0 bridgehead atoms. The predicted octanol–water partition coefficient (Wildman–Crippen LogP) is 1.21. The zero-order chi connectivity index (χ0) is 16.0. The third kappa shape index (κ3) is 4.53. The zero-order valence-electron chi connectivity index (χ0n) is 11.3. The molecule has 0 fully saturated rings. The summed E-state index contributed by atoms with van der Waals surface area (Å²) in [4.78, 5) is 32.3. The molecule has 0 aliphatic rings. The first-order valence-electron chi connectivity index (χ1n) is 6.20. The van der Waals surface area contributed by atoms with Gasteiger partial charge in [0.2, 0.25) is 0 Å². The van der Waals surface area contributed by atoms with Crippen LogP contribution < -0.4 is 0 Å². The van der Waals surface area contributed by atoms with Gasteiger partial charge in [-0.3, -0.25) is 14.9 Å². The van der Waals surface area contributed by atoms with E-state index in [4.69, 9.17) is 9.84 Å². The Morgan fingerprint density at radius 2 is 2.10 bits per heavy atom. The number of aliphatic carboxylic acids is 1. The first kappa shape index (κ1) is 16.6. The van der Waals surface area contributed by atoms with Crippen LogP contribution in [0.25, 0.3) is 0 Å². The first-order valence-corrected chi connectivity index (χ1v) is 6.20. The maximum absolute atomic E-state index is 11.3. The van der Waals surface area contributed by atoms with E-state index in [0.29, 0.717) is 0 Å². The van der Waals surface area contributed by atoms with Gasteiger partial charge < -0.3 is 14.9 Å². The molecular formula is C13H15NO7. The van der Waals surface area contributed by atoms with E-state index in [-0.39, 0.29) is 36.3 Å². The number of rotatable bonds is 7.